The van der Waals surface area contributed by atoms with Gasteiger partial charge in [-0.25, -0.2) is 15.4 Å². The number of amides is 2. The number of rotatable bonds is 3. The third-order valence-electron chi connectivity index (χ3n) is 3.01. The molecule has 0 atom stereocenters. The largest absolute Gasteiger partial charge is 0.462 e. The molecule has 4 N–H and O–H groups in total. The number of nitrogens with two attached hydrogens (primary N) is 1. The Morgan fingerprint density at radius 1 is 1.37 bits per heavy atom. The number of ether oxygens (including phenoxy) is 1. The van der Waals surface area contributed by atoms with Gasteiger partial charge < -0.3 is 4.74 Å². The average Bonchev–Trinajstić information content (AvgIpc) is 2.76. The number of aryl methyl sites for hydroxylation is 1. The van der Waals surface area contributed by atoms with E-state index in [0.29, 0.717) is 17.2 Å². The Labute approximate surface area is 115 Å². The van der Waals surface area contributed by atoms with E-state index in [-0.39, 0.29) is 5.97 Å². The van der Waals surface area contributed by atoms with E-state index in [1.165, 1.54) is 11.3 Å². The third-order valence-corrected chi connectivity index (χ3v) is 4.22. The molecule has 1 aliphatic carbocycles. The van der Waals surface area contributed by atoms with Crippen molar-refractivity contribution in [3.63, 3.8) is 0 Å². The van der Waals surface area contributed by atoms with Crippen molar-refractivity contribution in [2.45, 2.75) is 32.6 Å². The van der Waals surface area contributed by atoms with Gasteiger partial charge in [0.05, 0.1) is 12.2 Å². The first-order valence-electron chi connectivity index (χ1n) is 6.26. The highest BCUT2D eigenvalue weighted by atomic mass is 32.1. The summed E-state index contributed by atoms with van der Waals surface area (Å²) in [4.78, 5) is 24.5. The first kappa shape index (κ1) is 13.8. The lowest BCUT2D eigenvalue weighted by Crippen LogP contribution is -2.34. The van der Waals surface area contributed by atoms with E-state index in [1.54, 1.807) is 6.92 Å². The Kier molecular flexibility index (Phi) is 4.39. The summed E-state index contributed by atoms with van der Waals surface area (Å²) in [5, 5.41) is 3.12. The Morgan fingerprint density at radius 3 is 2.79 bits per heavy atom. The predicted molar refractivity (Wildman–Crippen MR) is 73.3 cm³/mol. The van der Waals surface area contributed by atoms with Crippen molar-refractivity contribution in [2.24, 2.45) is 5.84 Å². The molecule has 0 spiro atoms. The van der Waals surface area contributed by atoms with Crippen molar-refractivity contribution in [3.05, 3.63) is 16.0 Å². The number of carbonyl (C=O) groups is 2. The monoisotopic (exact) mass is 283 g/mol. The van der Waals surface area contributed by atoms with Crippen LogP contribution in [0.2, 0.25) is 0 Å². The average molecular weight is 283 g/mol. The Hall–Kier alpha value is -1.60. The normalized spacial score (nSPS) is 13.6. The van der Waals surface area contributed by atoms with Crippen LogP contribution in [0, 0.1) is 0 Å². The molecule has 1 heterocycles. The maximum absolute atomic E-state index is 12.0. The van der Waals surface area contributed by atoms with Crippen LogP contribution in [0.15, 0.2) is 0 Å². The van der Waals surface area contributed by atoms with E-state index in [0.717, 1.165) is 36.1 Å². The molecule has 1 aromatic rings. The minimum Gasteiger partial charge on any atom is -0.462 e. The lowest BCUT2D eigenvalue weighted by molar-refractivity contribution is 0.0526. The van der Waals surface area contributed by atoms with Crippen LogP contribution in [0.3, 0.4) is 0 Å². The smallest absolute Gasteiger partial charge is 0.341 e. The van der Waals surface area contributed by atoms with Crippen molar-refractivity contribution in [2.75, 3.05) is 11.9 Å². The number of hydrazine groups is 1. The number of fused-ring (bicyclic) bond motifs is 1. The van der Waals surface area contributed by atoms with Crippen LogP contribution in [0.1, 0.15) is 40.6 Å². The zero-order valence-electron chi connectivity index (χ0n) is 10.7. The number of urea groups is 1. The first-order chi connectivity index (χ1) is 9.17. The number of hydrogen-bond donors (Lipinski definition) is 3. The molecule has 1 aliphatic rings. The summed E-state index contributed by atoms with van der Waals surface area (Å²) in [6.45, 7) is 2.07. The highest BCUT2D eigenvalue weighted by Crippen LogP contribution is 2.38. The lowest BCUT2D eigenvalue weighted by atomic mass is 9.95. The van der Waals surface area contributed by atoms with Crippen molar-refractivity contribution in [1.29, 1.82) is 0 Å². The summed E-state index contributed by atoms with van der Waals surface area (Å²) >= 11 is 1.43. The molecule has 0 radical (unpaired) electrons. The highest BCUT2D eigenvalue weighted by molar-refractivity contribution is 7.17. The molecule has 7 heteroatoms. The van der Waals surface area contributed by atoms with Gasteiger partial charge in [0.1, 0.15) is 5.00 Å². The van der Waals surface area contributed by atoms with Crippen LogP contribution >= 0.6 is 11.3 Å². The van der Waals surface area contributed by atoms with Gasteiger partial charge in [0.25, 0.3) is 0 Å². The fourth-order valence-electron chi connectivity index (χ4n) is 2.21. The van der Waals surface area contributed by atoms with E-state index in [1.807, 2.05) is 5.43 Å². The van der Waals surface area contributed by atoms with E-state index >= 15 is 0 Å². The number of thiophene rings is 1. The first-order valence-corrected chi connectivity index (χ1v) is 7.08. The lowest BCUT2D eigenvalue weighted by Gasteiger charge is -2.12. The molecule has 0 unspecified atom stereocenters. The van der Waals surface area contributed by atoms with Gasteiger partial charge >= 0.3 is 12.0 Å². The Morgan fingerprint density at radius 2 is 2.11 bits per heavy atom. The molecule has 0 fully saturated rings. The van der Waals surface area contributed by atoms with Gasteiger partial charge in [0.15, 0.2) is 0 Å². The van der Waals surface area contributed by atoms with Gasteiger partial charge in [-0.2, -0.15) is 0 Å². The van der Waals surface area contributed by atoms with E-state index in [4.69, 9.17) is 10.6 Å². The van der Waals surface area contributed by atoms with Gasteiger partial charge in [-0.05, 0) is 38.2 Å². The zero-order chi connectivity index (χ0) is 13.8. The Bertz CT molecular complexity index is 499. The van der Waals surface area contributed by atoms with Gasteiger partial charge in [0.2, 0.25) is 0 Å². The minimum absolute atomic E-state index is 0.311. The molecule has 0 bridgehead atoms. The molecule has 2 rings (SSSR count). The fourth-order valence-corrected chi connectivity index (χ4v) is 3.48. The number of nitrogens with one attached hydrogen (secondary N) is 2. The van der Waals surface area contributed by atoms with Crippen molar-refractivity contribution in [1.82, 2.24) is 5.43 Å². The molecule has 0 saturated heterocycles. The quantitative estimate of drug-likeness (QED) is 0.341. The second-order valence-electron chi connectivity index (χ2n) is 4.23. The standard InChI is InChI=1S/C12H17N3O3S/c1-2-18-11(16)9-7-5-3-4-6-8(7)19-10(9)14-12(17)15-13/h2-6,13H2,1H3,(H2,14,15,17). The van der Waals surface area contributed by atoms with Crippen LogP contribution in [-0.4, -0.2) is 18.6 Å². The van der Waals surface area contributed by atoms with Crippen LogP contribution < -0.4 is 16.6 Å². The third kappa shape index (κ3) is 2.87. The molecule has 0 aliphatic heterocycles. The number of anilines is 1. The van der Waals surface area contributed by atoms with E-state index in [2.05, 4.69) is 5.32 Å². The van der Waals surface area contributed by atoms with Gasteiger partial charge in [-0.1, -0.05) is 0 Å². The summed E-state index contributed by atoms with van der Waals surface area (Å²) in [7, 11) is 0. The van der Waals surface area contributed by atoms with Crippen LogP contribution in [0.25, 0.3) is 0 Å². The zero-order valence-corrected chi connectivity index (χ0v) is 11.6. The second kappa shape index (κ2) is 6.03. The maximum Gasteiger partial charge on any atom is 0.341 e. The minimum atomic E-state index is -0.538. The van der Waals surface area contributed by atoms with Crippen LogP contribution in [0.5, 0.6) is 0 Å². The molecular weight excluding hydrogens is 266 g/mol. The van der Waals surface area contributed by atoms with Gasteiger partial charge in [-0.3, -0.25) is 10.7 Å². The maximum atomic E-state index is 12.0. The molecule has 2 amide bonds. The molecule has 104 valence electrons. The summed E-state index contributed by atoms with van der Waals surface area (Å²) in [6.07, 6.45) is 3.96. The van der Waals surface area contributed by atoms with Gasteiger partial charge in [-0.15, -0.1) is 11.3 Å². The highest BCUT2D eigenvalue weighted by Gasteiger charge is 2.26. The van der Waals surface area contributed by atoms with Gasteiger partial charge in [0, 0.05) is 4.88 Å². The van der Waals surface area contributed by atoms with Crippen molar-refractivity contribution >= 4 is 28.3 Å². The summed E-state index contributed by atoms with van der Waals surface area (Å²) < 4.78 is 5.07. The number of carbonyl (C=O) groups excluding carboxylic acids is 2. The number of esters is 1. The molecule has 19 heavy (non-hydrogen) atoms. The van der Waals surface area contributed by atoms with Crippen LogP contribution in [-0.2, 0) is 17.6 Å². The molecule has 0 aromatic carbocycles. The summed E-state index contributed by atoms with van der Waals surface area (Å²) in [6, 6.07) is -0.538. The summed E-state index contributed by atoms with van der Waals surface area (Å²) in [5.74, 6) is 4.67. The molecule has 6 nitrogen and oxygen atoms in total. The van der Waals surface area contributed by atoms with Crippen molar-refractivity contribution < 1.29 is 14.3 Å². The molecule has 0 saturated carbocycles. The second-order valence-corrected chi connectivity index (χ2v) is 5.34. The van der Waals surface area contributed by atoms with E-state index in [9.17, 15) is 9.59 Å². The predicted octanol–water partition coefficient (Wildman–Crippen LogP) is 1.80. The topological polar surface area (TPSA) is 93.4 Å². The van der Waals surface area contributed by atoms with Crippen LogP contribution in [0.4, 0.5) is 9.80 Å². The fraction of sp³-hybridized carbons (Fsp3) is 0.500. The molecule has 1 aromatic heterocycles. The number of hydrogen-bond acceptors (Lipinski definition) is 5. The van der Waals surface area contributed by atoms with E-state index < -0.39 is 6.03 Å². The SMILES string of the molecule is CCOC(=O)c1c(NC(=O)NN)sc2c1CCCC2. The molecular formula is C12H17N3O3S. The summed E-state index contributed by atoms with van der Waals surface area (Å²) in [5.41, 5.74) is 3.50. The van der Waals surface area contributed by atoms with Crippen molar-refractivity contribution in [3.8, 4) is 0 Å². The Balaban J connectivity index is 2.37.